The first kappa shape index (κ1) is 17.7. The molecule has 120 valence electrons. The SMILES string of the molecule is CCC(C)C1(C(=O)O)CC=CC(C)C1(C(=O)O)C(C)CC. The van der Waals surface area contributed by atoms with Gasteiger partial charge in [0.15, 0.2) is 0 Å². The first-order chi connectivity index (χ1) is 9.73. The summed E-state index contributed by atoms with van der Waals surface area (Å²) in [7, 11) is 0. The molecule has 4 nitrogen and oxygen atoms in total. The van der Waals surface area contributed by atoms with Gasteiger partial charge in [-0.2, -0.15) is 0 Å². The molecule has 0 radical (unpaired) electrons. The summed E-state index contributed by atoms with van der Waals surface area (Å²) < 4.78 is 0. The number of carboxylic acids is 2. The Morgan fingerprint density at radius 2 is 1.67 bits per heavy atom. The normalized spacial score (nSPS) is 35.2. The second-order valence-electron chi connectivity index (χ2n) is 6.49. The van der Waals surface area contributed by atoms with Gasteiger partial charge in [-0.3, -0.25) is 9.59 Å². The highest BCUT2D eigenvalue weighted by atomic mass is 16.4. The molecule has 4 heteroatoms. The van der Waals surface area contributed by atoms with Gasteiger partial charge in [0.05, 0.1) is 10.8 Å². The predicted octanol–water partition coefficient (Wildman–Crippen LogP) is 3.82. The Bertz CT molecular complexity index is 442. The molecule has 0 aromatic carbocycles. The van der Waals surface area contributed by atoms with Crippen LogP contribution in [-0.2, 0) is 9.59 Å². The highest BCUT2D eigenvalue weighted by Crippen LogP contribution is 2.60. The zero-order chi connectivity index (χ0) is 16.4. The van der Waals surface area contributed by atoms with E-state index in [1.807, 2.05) is 46.8 Å². The fraction of sp³-hybridized carbons (Fsp3) is 0.765. The average Bonchev–Trinajstić information content (AvgIpc) is 2.44. The van der Waals surface area contributed by atoms with Crippen LogP contribution in [0.3, 0.4) is 0 Å². The van der Waals surface area contributed by atoms with Crippen LogP contribution < -0.4 is 0 Å². The number of aliphatic carboxylic acids is 2. The minimum absolute atomic E-state index is 0.201. The molecule has 0 aromatic rings. The van der Waals surface area contributed by atoms with Crippen LogP contribution in [0.15, 0.2) is 12.2 Å². The van der Waals surface area contributed by atoms with E-state index in [0.29, 0.717) is 19.3 Å². The van der Waals surface area contributed by atoms with Crippen LogP contribution in [0.5, 0.6) is 0 Å². The quantitative estimate of drug-likeness (QED) is 0.731. The topological polar surface area (TPSA) is 74.6 Å². The maximum absolute atomic E-state index is 12.3. The summed E-state index contributed by atoms with van der Waals surface area (Å²) in [4.78, 5) is 24.6. The van der Waals surface area contributed by atoms with E-state index in [2.05, 4.69) is 0 Å². The van der Waals surface area contributed by atoms with Gasteiger partial charge >= 0.3 is 11.9 Å². The molecule has 1 aliphatic carbocycles. The summed E-state index contributed by atoms with van der Waals surface area (Å²) in [6.07, 6.45) is 5.32. The molecule has 0 heterocycles. The fourth-order valence-electron chi connectivity index (χ4n) is 4.42. The third-order valence-corrected chi connectivity index (χ3v) is 5.90. The van der Waals surface area contributed by atoms with Gasteiger partial charge in [0.1, 0.15) is 0 Å². The van der Waals surface area contributed by atoms with Crippen molar-refractivity contribution in [1.29, 1.82) is 0 Å². The number of carboxylic acid groups (broad SMARTS) is 2. The van der Waals surface area contributed by atoms with Crippen LogP contribution in [-0.4, -0.2) is 22.2 Å². The summed E-state index contributed by atoms with van der Waals surface area (Å²) in [6.45, 7) is 9.46. The summed E-state index contributed by atoms with van der Waals surface area (Å²) in [6, 6.07) is 0. The Labute approximate surface area is 127 Å². The lowest BCUT2D eigenvalue weighted by atomic mass is 9.45. The van der Waals surface area contributed by atoms with Gasteiger partial charge < -0.3 is 10.2 Å². The molecule has 2 N–H and O–H groups in total. The molecule has 0 amide bonds. The van der Waals surface area contributed by atoms with Crippen LogP contribution in [0.2, 0.25) is 0 Å². The maximum Gasteiger partial charge on any atom is 0.311 e. The van der Waals surface area contributed by atoms with Gasteiger partial charge in [0.25, 0.3) is 0 Å². The second kappa shape index (κ2) is 6.20. The molecule has 21 heavy (non-hydrogen) atoms. The molecule has 0 aliphatic heterocycles. The number of allylic oxidation sites excluding steroid dienone is 2. The van der Waals surface area contributed by atoms with Crippen molar-refractivity contribution in [2.45, 2.75) is 53.9 Å². The summed E-state index contributed by atoms with van der Waals surface area (Å²) in [5.74, 6) is -2.66. The largest absolute Gasteiger partial charge is 0.481 e. The molecule has 0 saturated carbocycles. The van der Waals surface area contributed by atoms with E-state index in [-0.39, 0.29) is 17.8 Å². The van der Waals surface area contributed by atoms with Crippen LogP contribution in [0.4, 0.5) is 0 Å². The van der Waals surface area contributed by atoms with Crippen molar-refractivity contribution in [2.24, 2.45) is 28.6 Å². The minimum atomic E-state index is -1.27. The van der Waals surface area contributed by atoms with E-state index in [1.54, 1.807) is 0 Å². The van der Waals surface area contributed by atoms with Crippen LogP contribution in [0.25, 0.3) is 0 Å². The Morgan fingerprint density at radius 1 is 1.14 bits per heavy atom. The molecule has 0 spiro atoms. The highest BCUT2D eigenvalue weighted by molar-refractivity contribution is 5.88. The van der Waals surface area contributed by atoms with Crippen molar-refractivity contribution in [3.05, 3.63) is 12.2 Å². The molecule has 5 atom stereocenters. The third kappa shape index (κ3) is 2.19. The Morgan fingerprint density at radius 3 is 2.05 bits per heavy atom. The summed E-state index contributed by atoms with van der Waals surface area (Å²) in [5, 5.41) is 20.1. The van der Waals surface area contributed by atoms with Crippen molar-refractivity contribution < 1.29 is 19.8 Å². The highest BCUT2D eigenvalue weighted by Gasteiger charge is 2.67. The van der Waals surface area contributed by atoms with E-state index in [9.17, 15) is 19.8 Å². The zero-order valence-corrected chi connectivity index (χ0v) is 13.7. The lowest BCUT2D eigenvalue weighted by Gasteiger charge is -2.55. The van der Waals surface area contributed by atoms with Gasteiger partial charge in [-0.15, -0.1) is 0 Å². The first-order valence-electron chi connectivity index (χ1n) is 7.86. The van der Waals surface area contributed by atoms with Crippen LogP contribution >= 0.6 is 0 Å². The monoisotopic (exact) mass is 296 g/mol. The van der Waals surface area contributed by atoms with Crippen molar-refractivity contribution in [1.82, 2.24) is 0 Å². The Kier molecular flexibility index (Phi) is 5.24. The lowest BCUT2D eigenvalue weighted by molar-refractivity contribution is -0.194. The minimum Gasteiger partial charge on any atom is -0.481 e. The maximum atomic E-state index is 12.3. The van der Waals surface area contributed by atoms with Crippen molar-refractivity contribution in [3.8, 4) is 0 Å². The van der Waals surface area contributed by atoms with E-state index >= 15 is 0 Å². The molecule has 0 bridgehead atoms. The smallest absolute Gasteiger partial charge is 0.311 e. The van der Waals surface area contributed by atoms with Crippen molar-refractivity contribution in [3.63, 3.8) is 0 Å². The van der Waals surface area contributed by atoms with Gasteiger partial charge in [-0.05, 0) is 24.2 Å². The molecule has 1 aliphatic rings. The second-order valence-corrected chi connectivity index (χ2v) is 6.49. The predicted molar refractivity (Wildman–Crippen MR) is 82.0 cm³/mol. The van der Waals surface area contributed by atoms with E-state index in [4.69, 9.17) is 0 Å². The molecule has 0 fully saturated rings. The van der Waals surface area contributed by atoms with E-state index in [1.165, 1.54) is 0 Å². The molecular weight excluding hydrogens is 268 g/mol. The van der Waals surface area contributed by atoms with Gasteiger partial charge in [-0.1, -0.05) is 59.6 Å². The molecule has 0 aromatic heterocycles. The van der Waals surface area contributed by atoms with E-state index < -0.39 is 22.8 Å². The Hall–Kier alpha value is -1.32. The van der Waals surface area contributed by atoms with Crippen LogP contribution in [0.1, 0.15) is 53.9 Å². The summed E-state index contributed by atoms with van der Waals surface area (Å²) in [5.41, 5.74) is -2.52. The molecule has 0 saturated heterocycles. The lowest BCUT2D eigenvalue weighted by Crippen LogP contribution is -2.62. The van der Waals surface area contributed by atoms with Gasteiger partial charge in [0, 0.05) is 0 Å². The standard InChI is InChI=1S/C17H28O4/c1-6-11(3)16(14(18)19)10-8-9-13(5)17(16,15(20)21)12(4)7-2/h8-9,11-13H,6-7,10H2,1-5H3,(H,18,19)(H,20,21). The number of carbonyl (C=O) groups is 2. The number of hydrogen-bond acceptors (Lipinski definition) is 2. The third-order valence-electron chi connectivity index (χ3n) is 5.90. The van der Waals surface area contributed by atoms with Crippen molar-refractivity contribution >= 4 is 11.9 Å². The Balaban J connectivity index is 3.75. The number of hydrogen-bond donors (Lipinski definition) is 2. The number of rotatable bonds is 6. The summed E-state index contributed by atoms with van der Waals surface area (Å²) >= 11 is 0. The van der Waals surface area contributed by atoms with Gasteiger partial charge in [0.2, 0.25) is 0 Å². The molecule has 1 rings (SSSR count). The first-order valence-corrected chi connectivity index (χ1v) is 7.86. The average molecular weight is 296 g/mol. The fourth-order valence-corrected chi connectivity index (χ4v) is 4.42. The van der Waals surface area contributed by atoms with Crippen molar-refractivity contribution in [2.75, 3.05) is 0 Å². The zero-order valence-electron chi connectivity index (χ0n) is 13.7. The van der Waals surface area contributed by atoms with Gasteiger partial charge in [-0.25, -0.2) is 0 Å². The molecule has 5 unspecified atom stereocenters. The molecular formula is C17H28O4. The van der Waals surface area contributed by atoms with E-state index in [0.717, 1.165) is 0 Å². The van der Waals surface area contributed by atoms with Crippen LogP contribution in [0, 0.1) is 28.6 Å².